The first-order valence-electron chi connectivity index (χ1n) is 3.98. The third-order valence-corrected chi connectivity index (χ3v) is 2.26. The Morgan fingerprint density at radius 1 is 1.54 bits per heavy atom. The van der Waals surface area contributed by atoms with E-state index in [9.17, 15) is 4.79 Å². The van der Waals surface area contributed by atoms with Gasteiger partial charge in [0, 0.05) is 5.02 Å². The van der Waals surface area contributed by atoms with Crippen molar-refractivity contribution in [3.05, 3.63) is 34.3 Å². The number of hydrogen-bond donors (Lipinski definition) is 0. The summed E-state index contributed by atoms with van der Waals surface area (Å²) in [7, 11) is 0. The number of halogens is 1. The highest BCUT2D eigenvalue weighted by atomic mass is 35.5. The van der Waals surface area contributed by atoms with Crippen molar-refractivity contribution >= 4 is 17.7 Å². The van der Waals surface area contributed by atoms with Crippen molar-refractivity contribution in [2.45, 2.75) is 19.9 Å². The Hall–Kier alpha value is -1.11. The van der Waals surface area contributed by atoms with E-state index in [1.165, 1.54) is 6.08 Å². The standard InChI is InChI=1S/C10H10ClNO/c1-7-4-3-5-9(11)10(7)8(2)12-6-13/h3-5,8H,1-2H3. The van der Waals surface area contributed by atoms with Gasteiger partial charge in [0.05, 0.1) is 6.04 Å². The molecule has 0 saturated carbocycles. The molecular formula is C10H10ClNO. The van der Waals surface area contributed by atoms with Crippen LogP contribution in [0.5, 0.6) is 0 Å². The highest BCUT2D eigenvalue weighted by molar-refractivity contribution is 6.31. The van der Waals surface area contributed by atoms with Crippen molar-refractivity contribution in [2.75, 3.05) is 0 Å². The number of aliphatic imine (C=N–C) groups is 1. The third kappa shape index (κ3) is 2.18. The van der Waals surface area contributed by atoms with Crippen LogP contribution in [0.2, 0.25) is 5.02 Å². The molecule has 0 aliphatic carbocycles. The van der Waals surface area contributed by atoms with E-state index < -0.39 is 0 Å². The molecule has 0 amide bonds. The number of aryl methyl sites for hydroxylation is 1. The molecule has 1 atom stereocenters. The van der Waals surface area contributed by atoms with Gasteiger partial charge in [-0.2, -0.15) is 4.99 Å². The van der Waals surface area contributed by atoms with Gasteiger partial charge < -0.3 is 0 Å². The summed E-state index contributed by atoms with van der Waals surface area (Å²) in [5.74, 6) is 0. The molecule has 13 heavy (non-hydrogen) atoms. The summed E-state index contributed by atoms with van der Waals surface area (Å²) in [6.45, 7) is 3.76. The average molecular weight is 196 g/mol. The summed E-state index contributed by atoms with van der Waals surface area (Å²) in [5, 5.41) is 0.645. The Bertz CT molecular complexity index is 336. The molecule has 2 nitrogen and oxygen atoms in total. The van der Waals surface area contributed by atoms with E-state index in [1.807, 2.05) is 26.0 Å². The van der Waals surface area contributed by atoms with Crippen molar-refractivity contribution in [3.8, 4) is 0 Å². The van der Waals surface area contributed by atoms with E-state index in [-0.39, 0.29) is 6.04 Å². The molecule has 0 fully saturated rings. The van der Waals surface area contributed by atoms with Crippen LogP contribution in [0.4, 0.5) is 0 Å². The molecule has 0 heterocycles. The van der Waals surface area contributed by atoms with Crippen LogP contribution in [0.3, 0.4) is 0 Å². The van der Waals surface area contributed by atoms with Crippen LogP contribution in [0.1, 0.15) is 24.1 Å². The number of rotatable bonds is 2. The lowest BCUT2D eigenvalue weighted by atomic mass is 10.0. The molecule has 0 bridgehead atoms. The summed E-state index contributed by atoms with van der Waals surface area (Å²) in [6.07, 6.45) is 1.54. The number of benzene rings is 1. The average Bonchev–Trinajstić information content (AvgIpc) is 2.04. The lowest BCUT2D eigenvalue weighted by Crippen LogP contribution is -1.94. The van der Waals surface area contributed by atoms with Crippen molar-refractivity contribution in [1.29, 1.82) is 0 Å². The molecule has 0 saturated heterocycles. The number of nitrogens with zero attached hydrogens (tertiary/aromatic N) is 1. The van der Waals surface area contributed by atoms with Gasteiger partial charge in [0.2, 0.25) is 6.08 Å². The molecule has 1 rings (SSSR count). The predicted octanol–water partition coefficient (Wildman–Crippen LogP) is 3.05. The van der Waals surface area contributed by atoms with Gasteiger partial charge in [-0.15, -0.1) is 0 Å². The fraction of sp³-hybridized carbons (Fsp3) is 0.300. The Balaban J connectivity index is 3.19. The zero-order valence-corrected chi connectivity index (χ0v) is 8.30. The molecular weight excluding hydrogens is 186 g/mol. The van der Waals surface area contributed by atoms with Crippen LogP contribution in [0.25, 0.3) is 0 Å². The third-order valence-electron chi connectivity index (χ3n) is 1.94. The number of carbonyl (C=O) groups excluding carboxylic acids is 1. The molecule has 0 aliphatic heterocycles. The molecule has 68 valence electrons. The topological polar surface area (TPSA) is 29.4 Å². The van der Waals surface area contributed by atoms with Gasteiger partial charge >= 0.3 is 0 Å². The fourth-order valence-corrected chi connectivity index (χ4v) is 1.70. The number of hydrogen-bond acceptors (Lipinski definition) is 2. The summed E-state index contributed by atoms with van der Waals surface area (Å²) in [4.78, 5) is 13.7. The summed E-state index contributed by atoms with van der Waals surface area (Å²) in [5.41, 5.74) is 1.94. The molecule has 0 aromatic heterocycles. The first-order chi connectivity index (χ1) is 6.16. The van der Waals surface area contributed by atoms with Gasteiger partial charge in [0.1, 0.15) is 0 Å². The molecule has 0 spiro atoms. The van der Waals surface area contributed by atoms with Gasteiger partial charge in [-0.05, 0) is 31.0 Å². The minimum absolute atomic E-state index is 0.216. The summed E-state index contributed by atoms with van der Waals surface area (Å²) < 4.78 is 0. The van der Waals surface area contributed by atoms with E-state index >= 15 is 0 Å². The lowest BCUT2D eigenvalue weighted by Gasteiger charge is -2.10. The molecule has 0 radical (unpaired) electrons. The molecule has 0 aliphatic rings. The SMILES string of the molecule is Cc1cccc(Cl)c1C(C)N=C=O. The van der Waals surface area contributed by atoms with Crippen molar-refractivity contribution in [3.63, 3.8) is 0 Å². The van der Waals surface area contributed by atoms with Crippen LogP contribution in [-0.4, -0.2) is 6.08 Å². The first kappa shape index (κ1) is 9.97. The Labute approximate surface area is 82.3 Å². The largest absolute Gasteiger partial charge is 0.235 e. The minimum Gasteiger partial charge on any atom is -0.211 e. The van der Waals surface area contributed by atoms with E-state index in [2.05, 4.69) is 4.99 Å². The van der Waals surface area contributed by atoms with Crippen molar-refractivity contribution in [2.24, 2.45) is 4.99 Å². The van der Waals surface area contributed by atoms with E-state index in [4.69, 9.17) is 11.6 Å². The van der Waals surface area contributed by atoms with Gasteiger partial charge in [0.15, 0.2) is 0 Å². The minimum atomic E-state index is -0.216. The van der Waals surface area contributed by atoms with Crippen LogP contribution in [-0.2, 0) is 4.79 Å². The molecule has 1 unspecified atom stereocenters. The van der Waals surface area contributed by atoms with Gasteiger partial charge in [-0.25, -0.2) is 4.79 Å². The predicted molar refractivity (Wildman–Crippen MR) is 52.7 cm³/mol. The highest BCUT2D eigenvalue weighted by Crippen LogP contribution is 2.27. The van der Waals surface area contributed by atoms with Gasteiger partial charge in [0.25, 0.3) is 0 Å². The van der Waals surface area contributed by atoms with Crippen LogP contribution >= 0.6 is 11.6 Å². The smallest absolute Gasteiger partial charge is 0.211 e. The van der Waals surface area contributed by atoms with Crippen molar-refractivity contribution in [1.82, 2.24) is 0 Å². The van der Waals surface area contributed by atoms with Crippen LogP contribution < -0.4 is 0 Å². The molecule has 1 aromatic rings. The zero-order valence-electron chi connectivity index (χ0n) is 7.54. The summed E-state index contributed by atoms with van der Waals surface area (Å²) >= 11 is 5.97. The molecule has 0 N–H and O–H groups in total. The van der Waals surface area contributed by atoms with E-state index in [0.29, 0.717) is 5.02 Å². The fourth-order valence-electron chi connectivity index (χ4n) is 1.32. The first-order valence-corrected chi connectivity index (χ1v) is 4.36. The van der Waals surface area contributed by atoms with E-state index in [1.54, 1.807) is 6.07 Å². The monoisotopic (exact) mass is 195 g/mol. The van der Waals surface area contributed by atoms with Crippen molar-refractivity contribution < 1.29 is 4.79 Å². The Morgan fingerprint density at radius 3 is 2.77 bits per heavy atom. The Morgan fingerprint density at radius 2 is 2.23 bits per heavy atom. The summed E-state index contributed by atoms with van der Waals surface area (Å²) in [6, 6.07) is 5.39. The second kappa shape index (κ2) is 4.22. The van der Waals surface area contributed by atoms with E-state index in [0.717, 1.165) is 11.1 Å². The highest BCUT2D eigenvalue weighted by Gasteiger charge is 2.10. The molecule has 1 aromatic carbocycles. The van der Waals surface area contributed by atoms with Gasteiger partial charge in [-0.3, -0.25) is 0 Å². The lowest BCUT2D eigenvalue weighted by molar-refractivity contribution is 0.559. The Kier molecular flexibility index (Phi) is 3.24. The van der Waals surface area contributed by atoms with Crippen LogP contribution in [0.15, 0.2) is 23.2 Å². The zero-order chi connectivity index (χ0) is 9.84. The quantitative estimate of drug-likeness (QED) is 0.527. The number of isocyanates is 1. The second-order valence-corrected chi connectivity index (χ2v) is 3.27. The maximum atomic E-state index is 10.1. The van der Waals surface area contributed by atoms with Gasteiger partial charge in [-0.1, -0.05) is 23.7 Å². The maximum Gasteiger partial charge on any atom is 0.235 e. The second-order valence-electron chi connectivity index (χ2n) is 2.87. The normalized spacial score (nSPS) is 11.9. The maximum absolute atomic E-state index is 10.1. The van der Waals surface area contributed by atoms with Crippen LogP contribution in [0, 0.1) is 6.92 Å². The molecule has 3 heteroatoms.